The molecule has 0 bridgehead atoms. The van der Waals surface area contributed by atoms with Gasteiger partial charge in [0, 0.05) is 25.3 Å². The van der Waals surface area contributed by atoms with Gasteiger partial charge >= 0.3 is 0 Å². The highest BCUT2D eigenvalue weighted by Gasteiger charge is 2.41. The van der Waals surface area contributed by atoms with Crippen molar-refractivity contribution in [1.82, 2.24) is 5.32 Å². The Morgan fingerprint density at radius 2 is 1.94 bits per heavy atom. The maximum Gasteiger partial charge on any atom is 0.0527 e. The largest absolute Gasteiger partial charge is 0.363 e. The Morgan fingerprint density at radius 1 is 1.17 bits per heavy atom. The smallest absolute Gasteiger partial charge is 0.0527 e. The van der Waals surface area contributed by atoms with Crippen LogP contribution in [-0.4, -0.2) is 25.2 Å². The Morgan fingerprint density at radius 3 is 2.72 bits per heavy atom. The van der Waals surface area contributed by atoms with Gasteiger partial charge in [-0.1, -0.05) is 25.0 Å². The quantitative estimate of drug-likeness (QED) is 0.817. The number of aryl methyl sites for hydroxylation is 2. The Labute approximate surface area is 110 Å². The van der Waals surface area contributed by atoms with Crippen LogP contribution >= 0.6 is 0 Å². The minimum absolute atomic E-state index is 0.400. The molecule has 18 heavy (non-hydrogen) atoms. The number of piperazine rings is 1. The molecule has 1 aromatic carbocycles. The highest BCUT2D eigenvalue weighted by atomic mass is 15.3. The molecule has 0 atom stereocenters. The summed E-state index contributed by atoms with van der Waals surface area (Å²) in [6, 6.07) is 6.87. The summed E-state index contributed by atoms with van der Waals surface area (Å²) >= 11 is 0. The second-order valence-electron chi connectivity index (χ2n) is 6.05. The summed E-state index contributed by atoms with van der Waals surface area (Å²) in [5, 5.41) is 3.61. The SMILES string of the molecule is Cc1ccc(C)c(N2CCNCC23CCCC3)c1. The summed E-state index contributed by atoms with van der Waals surface area (Å²) in [7, 11) is 0. The topological polar surface area (TPSA) is 15.3 Å². The average Bonchev–Trinajstić information content (AvgIpc) is 2.82. The summed E-state index contributed by atoms with van der Waals surface area (Å²) in [5.74, 6) is 0. The number of anilines is 1. The standard InChI is InChI=1S/C16H24N2/c1-13-5-6-14(2)15(11-13)18-10-9-17-12-16(18)7-3-4-8-16/h5-6,11,17H,3-4,7-10,12H2,1-2H3. The minimum Gasteiger partial charge on any atom is -0.363 e. The van der Waals surface area contributed by atoms with Gasteiger partial charge in [0.2, 0.25) is 0 Å². The Balaban J connectivity index is 1.99. The molecule has 0 amide bonds. The first kappa shape index (κ1) is 12.0. The van der Waals surface area contributed by atoms with Crippen LogP contribution in [0.1, 0.15) is 36.8 Å². The van der Waals surface area contributed by atoms with Crippen LogP contribution in [0.4, 0.5) is 5.69 Å². The molecule has 1 saturated carbocycles. The molecule has 0 unspecified atom stereocenters. The molecule has 2 heteroatoms. The van der Waals surface area contributed by atoms with E-state index in [2.05, 4.69) is 42.3 Å². The van der Waals surface area contributed by atoms with Crippen LogP contribution in [0.5, 0.6) is 0 Å². The molecule has 0 aromatic heterocycles. The second kappa shape index (κ2) is 4.58. The maximum absolute atomic E-state index is 3.61. The predicted octanol–water partition coefficient (Wildman–Crippen LogP) is 3.03. The van der Waals surface area contributed by atoms with Crippen molar-refractivity contribution < 1.29 is 0 Å². The summed E-state index contributed by atoms with van der Waals surface area (Å²) in [4.78, 5) is 2.71. The van der Waals surface area contributed by atoms with Crippen LogP contribution in [0.2, 0.25) is 0 Å². The third kappa shape index (κ3) is 1.93. The van der Waals surface area contributed by atoms with Crippen molar-refractivity contribution in [1.29, 1.82) is 0 Å². The summed E-state index contributed by atoms with van der Waals surface area (Å²) in [6.07, 6.45) is 5.49. The Hall–Kier alpha value is -1.02. The first-order chi connectivity index (χ1) is 8.71. The van der Waals surface area contributed by atoms with E-state index in [-0.39, 0.29) is 0 Å². The second-order valence-corrected chi connectivity index (χ2v) is 6.05. The third-order valence-corrected chi connectivity index (χ3v) is 4.73. The number of nitrogens with one attached hydrogen (secondary N) is 1. The molecule has 2 aliphatic rings. The first-order valence-electron chi connectivity index (χ1n) is 7.27. The lowest BCUT2D eigenvalue weighted by molar-refractivity contribution is 0.332. The van der Waals surface area contributed by atoms with Crippen LogP contribution in [0.25, 0.3) is 0 Å². The molecule has 1 saturated heterocycles. The number of hydrogen-bond donors (Lipinski definition) is 1. The lowest BCUT2D eigenvalue weighted by Gasteiger charge is -2.47. The molecule has 1 heterocycles. The monoisotopic (exact) mass is 244 g/mol. The third-order valence-electron chi connectivity index (χ3n) is 4.73. The minimum atomic E-state index is 0.400. The van der Waals surface area contributed by atoms with Gasteiger partial charge in [0.25, 0.3) is 0 Å². The van der Waals surface area contributed by atoms with E-state index in [9.17, 15) is 0 Å². The van der Waals surface area contributed by atoms with E-state index in [0.29, 0.717) is 5.54 Å². The van der Waals surface area contributed by atoms with Gasteiger partial charge in [0.05, 0.1) is 5.54 Å². The number of rotatable bonds is 1. The van der Waals surface area contributed by atoms with Crippen molar-refractivity contribution in [2.75, 3.05) is 24.5 Å². The zero-order valence-corrected chi connectivity index (χ0v) is 11.6. The number of nitrogens with zero attached hydrogens (tertiary/aromatic N) is 1. The highest BCUT2D eigenvalue weighted by molar-refractivity contribution is 5.57. The zero-order valence-electron chi connectivity index (χ0n) is 11.6. The lowest BCUT2D eigenvalue weighted by Crippen LogP contribution is -2.60. The fourth-order valence-corrected chi connectivity index (χ4v) is 3.71. The van der Waals surface area contributed by atoms with Crippen molar-refractivity contribution in [2.24, 2.45) is 0 Å². The zero-order chi connectivity index (χ0) is 12.6. The van der Waals surface area contributed by atoms with Crippen LogP contribution in [-0.2, 0) is 0 Å². The van der Waals surface area contributed by atoms with Crippen molar-refractivity contribution >= 4 is 5.69 Å². The van der Waals surface area contributed by atoms with Gasteiger partial charge < -0.3 is 10.2 Å². The van der Waals surface area contributed by atoms with Crippen LogP contribution in [0.15, 0.2) is 18.2 Å². The molecule has 2 nitrogen and oxygen atoms in total. The Bertz CT molecular complexity index is 433. The van der Waals surface area contributed by atoms with E-state index >= 15 is 0 Å². The van der Waals surface area contributed by atoms with E-state index in [1.54, 1.807) is 0 Å². The molecule has 1 N–H and O–H groups in total. The van der Waals surface area contributed by atoms with E-state index in [4.69, 9.17) is 0 Å². The van der Waals surface area contributed by atoms with Gasteiger partial charge in [-0.05, 0) is 43.9 Å². The molecule has 1 spiro atoms. The Kier molecular flexibility index (Phi) is 3.06. The normalized spacial score (nSPS) is 22.7. The van der Waals surface area contributed by atoms with Crippen LogP contribution in [0, 0.1) is 13.8 Å². The fraction of sp³-hybridized carbons (Fsp3) is 0.625. The highest BCUT2D eigenvalue weighted by Crippen LogP contribution is 2.40. The molecule has 3 rings (SSSR count). The van der Waals surface area contributed by atoms with Crippen molar-refractivity contribution in [2.45, 2.75) is 45.1 Å². The predicted molar refractivity (Wildman–Crippen MR) is 77.3 cm³/mol. The summed E-state index contributed by atoms with van der Waals surface area (Å²) in [5.41, 5.74) is 4.67. The molecule has 1 aromatic rings. The fourth-order valence-electron chi connectivity index (χ4n) is 3.71. The summed E-state index contributed by atoms with van der Waals surface area (Å²) in [6.45, 7) is 7.89. The molecule has 0 radical (unpaired) electrons. The van der Waals surface area contributed by atoms with Gasteiger partial charge in [-0.2, -0.15) is 0 Å². The van der Waals surface area contributed by atoms with Gasteiger partial charge in [0.1, 0.15) is 0 Å². The maximum atomic E-state index is 3.61. The van der Waals surface area contributed by atoms with Gasteiger partial charge in [0.15, 0.2) is 0 Å². The molecule has 1 aliphatic carbocycles. The molecular weight excluding hydrogens is 220 g/mol. The van der Waals surface area contributed by atoms with E-state index in [1.165, 1.54) is 49.0 Å². The molecule has 2 fully saturated rings. The average molecular weight is 244 g/mol. The molecular formula is C16H24N2. The van der Waals surface area contributed by atoms with Crippen molar-refractivity contribution in [3.05, 3.63) is 29.3 Å². The number of benzene rings is 1. The number of hydrogen-bond acceptors (Lipinski definition) is 2. The van der Waals surface area contributed by atoms with E-state index < -0.39 is 0 Å². The van der Waals surface area contributed by atoms with Gasteiger partial charge in [-0.25, -0.2) is 0 Å². The van der Waals surface area contributed by atoms with E-state index in [0.717, 1.165) is 13.1 Å². The van der Waals surface area contributed by atoms with Crippen LogP contribution in [0.3, 0.4) is 0 Å². The first-order valence-corrected chi connectivity index (χ1v) is 7.27. The molecule has 98 valence electrons. The van der Waals surface area contributed by atoms with Crippen molar-refractivity contribution in [3.63, 3.8) is 0 Å². The van der Waals surface area contributed by atoms with Gasteiger partial charge in [-0.3, -0.25) is 0 Å². The summed E-state index contributed by atoms with van der Waals surface area (Å²) < 4.78 is 0. The van der Waals surface area contributed by atoms with Crippen molar-refractivity contribution in [3.8, 4) is 0 Å². The van der Waals surface area contributed by atoms with E-state index in [1.807, 2.05) is 0 Å². The van der Waals surface area contributed by atoms with Gasteiger partial charge in [-0.15, -0.1) is 0 Å². The van der Waals surface area contributed by atoms with Crippen LogP contribution < -0.4 is 10.2 Å². The lowest BCUT2D eigenvalue weighted by atomic mass is 9.91. The molecule has 1 aliphatic heterocycles.